The molecule has 1 aliphatic carbocycles. The molecule has 2 N–H and O–H groups in total. The second kappa shape index (κ2) is 6.15. The SMILES string of the molecule is O=C(c1n[nH]c2c1CCC2)N1CCc2c(nc(-c3ccncc3)[nH]c2=O)C1. The molecule has 1 amide bonds. The summed E-state index contributed by atoms with van der Waals surface area (Å²) in [7, 11) is 0. The second-order valence-corrected chi connectivity index (χ2v) is 6.94. The third-order valence-corrected chi connectivity index (χ3v) is 5.32. The molecule has 8 nitrogen and oxygen atoms in total. The van der Waals surface area contributed by atoms with Crippen LogP contribution in [0.3, 0.4) is 0 Å². The second-order valence-electron chi connectivity index (χ2n) is 6.94. The van der Waals surface area contributed by atoms with Gasteiger partial charge in [-0.05, 0) is 37.8 Å². The van der Waals surface area contributed by atoms with Crippen LogP contribution in [-0.2, 0) is 25.8 Å². The van der Waals surface area contributed by atoms with Crippen molar-refractivity contribution in [1.29, 1.82) is 0 Å². The van der Waals surface area contributed by atoms with Crippen molar-refractivity contribution in [3.05, 3.63) is 63.1 Å². The molecule has 0 unspecified atom stereocenters. The molecule has 1 aliphatic heterocycles. The first-order valence-electron chi connectivity index (χ1n) is 9.08. The number of nitrogens with zero attached hydrogens (tertiary/aromatic N) is 4. The van der Waals surface area contributed by atoms with Gasteiger partial charge in [0.25, 0.3) is 11.5 Å². The smallest absolute Gasteiger partial charge is 0.275 e. The van der Waals surface area contributed by atoms with E-state index in [-0.39, 0.29) is 11.5 Å². The Hall–Kier alpha value is -3.29. The van der Waals surface area contributed by atoms with Crippen LogP contribution in [0.25, 0.3) is 11.4 Å². The summed E-state index contributed by atoms with van der Waals surface area (Å²) in [4.78, 5) is 38.7. The normalized spacial score (nSPS) is 15.5. The fourth-order valence-electron chi connectivity index (χ4n) is 3.91. The van der Waals surface area contributed by atoms with Crippen molar-refractivity contribution in [2.45, 2.75) is 32.2 Å². The van der Waals surface area contributed by atoms with E-state index in [2.05, 4.69) is 25.1 Å². The van der Waals surface area contributed by atoms with E-state index in [1.54, 1.807) is 29.4 Å². The molecule has 0 aromatic carbocycles. The van der Waals surface area contributed by atoms with Crippen LogP contribution in [0.2, 0.25) is 0 Å². The monoisotopic (exact) mass is 362 g/mol. The number of hydrogen-bond donors (Lipinski definition) is 2. The number of fused-ring (bicyclic) bond motifs is 2. The molecule has 0 atom stereocenters. The Morgan fingerprint density at radius 2 is 1.96 bits per heavy atom. The van der Waals surface area contributed by atoms with Gasteiger partial charge < -0.3 is 9.88 Å². The molecule has 4 heterocycles. The molecular weight excluding hydrogens is 344 g/mol. The average Bonchev–Trinajstić information content (AvgIpc) is 3.31. The minimum absolute atomic E-state index is 0.0902. The highest BCUT2D eigenvalue weighted by Crippen LogP contribution is 2.25. The van der Waals surface area contributed by atoms with Gasteiger partial charge in [0.15, 0.2) is 5.69 Å². The first kappa shape index (κ1) is 15.9. The van der Waals surface area contributed by atoms with Gasteiger partial charge >= 0.3 is 0 Å². The molecule has 5 rings (SSSR count). The van der Waals surface area contributed by atoms with Crippen LogP contribution in [0, 0.1) is 0 Å². The van der Waals surface area contributed by atoms with E-state index >= 15 is 0 Å². The van der Waals surface area contributed by atoms with Crippen molar-refractivity contribution in [2.24, 2.45) is 0 Å². The maximum absolute atomic E-state index is 13.0. The number of amides is 1. The van der Waals surface area contributed by atoms with Gasteiger partial charge in [0.05, 0.1) is 12.2 Å². The highest BCUT2D eigenvalue weighted by Gasteiger charge is 2.30. The average molecular weight is 362 g/mol. The first-order valence-corrected chi connectivity index (χ1v) is 9.08. The summed E-state index contributed by atoms with van der Waals surface area (Å²) < 4.78 is 0. The Labute approximate surface area is 154 Å². The molecular formula is C19H18N6O2. The molecule has 3 aromatic heterocycles. The largest absolute Gasteiger partial charge is 0.331 e. The fourth-order valence-corrected chi connectivity index (χ4v) is 3.91. The highest BCUT2D eigenvalue weighted by atomic mass is 16.2. The standard InChI is InChI=1S/C19H18N6O2/c26-18-13-6-9-25(19(27)16-12-2-1-3-14(12)23-24-16)10-15(13)21-17(22-18)11-4-7-20-8-5-11/h4-5,7-8H,1-3,6,9-10H2,(H,23,24)(H,21,22,26). The number of nitrogens with one attached hydrogen (secondary N) is 2. The Morgan fingerprint density at radius 3 is 2.81 bits per heavy atom. The summed E-state index contributed by atoms with van der Waals surface area (Å²) in [5.41, 5.74) is 4.59. The molecule has 0 spiro atoms. The predicted octanol–water partition coefficient (Wildman–Crippen LogP) is 1.24. The van der Waals surface area contributed by atoms with E-state index in [1.165, 1.54) is 0 Å². The maximum atomic E-state index is 13.0. The molecule has 136 valence electrons. The zero-order chi connectivity index (χ0) is 18.4. The number of aromatic nitrogens is 5. The number of pyridine rings is 1. The predicted molar refractivity (Wildman–Crippen MR) is 97.1 cm³/mol. The molecule has 0 saturated heterocycles. The quantitative estimate of drug-likeness (QED) is 0.713. The maximum Gasteiger partial charge on any atom is 0.275 e. The zero-order valence-corrected chi connectivity index (χ0v) is 14.7. The van der Waals surface area contributed by atoms with Crippen LogP contribution >= 0.6 is 0 Å². The molecule has 0 radical (unpaired) electrons. The van der Waals surface area contributed by atoms with Gasteiger partial charge in [-0.2, -0.15) is 5.10 Å². The van der Waals surface area contributed by atoms with Crippen molar-refractivity contribution in [3.63, 3.8) is 0 Å². The number of aromatic amines is 2. The van der Waals surface area contributed by atoms with Crippen molar-refractivity contribution < 1.29 is 4.79 Å². The van der Waals surface area contributed by atoms with Crippen LogP contribution in [0.15, 0.2) is 29.3 Å². The number of aryl methyl sites for hydroxylation is 1. The topological polar surface area (TPSA) is 108 Å². The van der Waals surface area contributed by atoms with Gasteiger partial charge in [-0.3, -0.25) is 19.7 Å². The third kappa shape index (κ3) is 2.64. The molecule has 3 aromatic rings. The van der Waals surface area contributed by atoms with Gasteiger partial charge in [-0.1, -0.05) is 0 Å². The Kier molecular flexibility index (Phi) is 3.63. The third-order valence-electron chi connectivity index (χ3n) is 5.32. The fraction of sp³-hybridized carbons (Fsp3) is 0.316. The lowest BCUT2D eigenvalue weighted by Gasteiger charge is -2.27. The summed E-state index contributed by atoms with van der Waals surface area (Å²) in [5.74, 6) is 0.406. The van der Waals surface area contributed by atoms with E-state index in [0.717, 1.165) is 36.1 Å². The number of H-pyrrole nitrogens is 2. The number of carbonyl (C=O) groups excluding carboxylic acids is 1. The summed E-state index contributed by atoms with van der Waals surface area (Å²) in [6, 6.07) is 3.59. The number of rotatable bonds is 2. The summed E-state index contributed by atoms with van der Waals surface area (Å²) >= 11 is 0. The van der Waals surface area contributed by atoms with E-state index in [0.29, 0.717) is 42.3 Å². The molecule has 0 saturated carbocycles. The van der Waals surface area contributed by atoms with Gasteiger partial charge in [0.1, 0.15) is 5.82 Å². The van der Waals surface area contributed by atoms with Crippen LogP contribution in [-0.4, -0.2) is 42.5 Å². The van der Waals surface area contributed by atoms with Gasteiger partial charge in [-0.25, -0.2) is 4.98 Å². The van der Waals surface area contributed by atoms with Gasteiger partial charge in [0.2, 0.25) is 0 Å². The summed E-state index contributed by atoms with van der Waals surface area (Å²) in [6.45, 7) is 0.810. The highest BCUT2D eigenvalue weighted by molar-refractivity contribution is 5.94. The Morgan fingerprint density at radius 1 is 1.11 bits per heavy atom. The Bertz CT molecular complexity index is 1090. The first-order chi connectivity index (χ1) is 13.2. The van der Waals surface area contributed by atoms with Crippen molar-refractivity contribution >= 4 is 5.91 Å². The van der Waals surface area contributed by atoms with Crippen molar-refractivity contribution in [1.82, 2.24) is 30.0 Å². The van der Waals surface area contributed by atoms with Crippen molar-refractivity contribution in [2.75, 3.05) is 6.54 Å². The number of carbonyl (C=O) groups is 1. The lowest BCUT2D eigenvalue weighted by atomic mass is 10.0. The van der Waals surface area contributed by atoms with Gasteiger partial charge in [0, 0.05) is 41.3 Å². The molecule has 2 aliphatic rings. The molecule has 8 heteroatoms. The molecule has 0 bridgehead atoms. The van der Waals surface area contributed by atoms with E-state index in [9.17, 15) is 9.59 Å². The molecule has 0 fully saturated rings. The minimum Gasteiger partial charge on any atom is -0.331 e. The van der Waals surface area contributed by atoms with Crippen LogP contribution < -0.4 is 5.56 Å². The zero-order valence-electron chi connectivity index (χ0n) is 14.7. The minimum atomic E-state index is -0.139. The lowest BCUT2D eigenvalue weighted by Crippen LogP contribution is -2.39. The van der Waals surface area contributed by atoms with Crippen LogP contribution in [0.5, 0.6) is 0 Å². The molecule has 27 heavy (non-hydrogen) atoms. The lowest BCUT2D eigenvalue weighted by molar-refractivity contribution is 0.0724. The summed E-state index contributed by atoms with van der Waals surface area (Å²) in [6.07, 6.45) is 6.70. The summed E-state index contributed by atoms with van der Waals surface area (Å²) in [5, 5.41) is 7.23. The van der Waals surface area contributed by atoms with E-state index in [1.807, 2.05) is 0 Å². The van der Waals surface area contributed by atoms with E-state index < -0.39 is 0 Å². The van der Waals surface area contributed by atoms with E-state index in [4.69, 9.17) is 0 Å². The van der Waals surface area contributed by atoms with Gasteiger partial charge in [-0.15, -0.1) is 0 Å². The van der Waals surface area contributed by atoms with Crippen molar-refractivity contribution in [3.8, 4) is 11.4 Å². The van der Waals surface area contributed by atoms with Crippen LogP contribution in [0.1, 0.15) is 39.4 Å². The number of hydrogen-bond acceptors (Lipinski definition) is 5. The van der Waals surface area contributed by atoms with Crippen LogP contribution in [0.4, 0.5) is 0 Å². The Balaban J connectivity index is 1.47.